The molecule has 2 aliphatic rings. The molecule has 0 N–H and O–H groups in total. The van der Waals surface area contributed by atoms with Crippen LogP contribution in [0.25, 0.3) is 10.1 Å². The van der Waals surface area contributed by atoms with Crippen LogP contribution in [0, 0.1) is 26.9 Å². The van der Waals surface area contributed by atoms with Gasteiger partial charge in [-0.2, -0.15) is 23.4 Å². The maximum absolute atomic E-state index is 13.2. The normalized spacial score (nSPS) is 17.7. The number of aromatic nitrogens is 1. The minimum absolute atomic E-state index is 0.0967. The van der Waals surface area contributed by atoms with Crippen LogP contribution in [0.4, 0.5) is 24.0 Å². The van der Waals surface area contributed by atoms with Gasteiger partial charge < -0.3 is 4.90 Å². The maximum atomic E-state index is 13.2. The van der Waals surface area contributed by atoms with Gasteiger partial charge in [-0.25, -0.2) is 0 Å². The second-order valence-corrected chi connectivity index (χ2v) is 10.3. The van der Waals surface area contributed by atoms with E-state index < -0.39 is 33.3 Å². The average Bonchev–Trinajstić information content (AvgIpc) is 2.82. The Morgan fingerprint density at radius 1 is 1.17 bits per heavy atom. The van der Waals surface area contributed by atoms with Crippen LogP contribution in [0.1, 0.15) is 29.5 Å². The van der Waals surface area contributed by atoms with Crippen LogP contribution in [0.5, 0.6) is 0 Å². The molecule has 0 bridgehead atoms. The largest absolute Gasteiger partial charge is 0.416 e. The van der Waals surface area contributed by atoms with E-state index in [0.29, 0.717) is 35.9 Å². The van der Waals surface area contributed by atoms with E-state index in [0.717, 1.165) is 49.4 Å². The molecule has 36 heavy (non-hydrogen) atoms. The van der Waals surface area contributed by atoms with E-state index >= 15 is 0 Å². The van der Waals surface area contributed by atoms with Gasteiger partial charge in [0.25, 0.3) is 11.2 Å². The number of nitro groups is 1. The minimum Gasteiger partial charge on any atom is -0.348 e. The highest BCUT2D eigenvalue weighted by atomic mass is 32.1. The molecule has 0 amide bonds. The highest BCUT2D eigenvalue weighted by Gasteiger charge is 2.45. The quantitative estimate of drug-likeness (QED) is 0.371. The number of nitrogens with zero attached hydrogens (tertiary/aromatic N) is 5. The monoisotopic (exact) mass is 515 g/mol. The Labute approximate surface area is 207 Å². The third-order valence-corrected chi connectivity index (χ3v) is 8.08. The van der Waals surface area contributed by atoms with Crippen molar-refractivity contribution in [3.05, 3.63) is 73.6 Å². The lowest BCUT2D eigenvalue weighted by atomic mass is 9.72. The van der Waals surface area contributed by atoms with E-state index in [2.05, 4.69) is 16.0 Å². The van der Waals surface area contributed by atoms with E-state index in [9.17, 15) is 28.1 Å². The molecule has 12 heteroatoms. The lowest BCUT2D eigenvalue weighted by molar-refractivity contribution is -0.383. The maximum Gasteiger partial charge on any atom is 0.416 e. The molecule has 1 spiro atoms. The summed E-state index contributed by atoms with van der Waals surface area (Å²) in [6.07, 6.45) is -3.11. The fraction of sp³-hybridized carbons (Fsp3) is 0.375. The molecule has 2 aromatic carbocycles. The van der Waals surface area contributed by atoms with Gasteiger partial charge in [0.05, 0.1) is 27.5 Å². The third-order valence-electron chi connectivity index (χ3n) is 6.92. The van der Waals surface area contributed by atoms with Crippen molar-refractivity contribution >= 4 is 32.2 Å². The molecular weight excluding hydrogens is 495 g/mol. The lowest BCUT2D eigenvalue weighted by Crippen LogP contribution is -2.59. The van der Waals surface area contributed by atoms with E-state index in [1.165, 1.54) is 0 Å². The van der Waals surface area contributed by atoms with Crippen LogP contribution in [-0.2, 0) is 12.7 Å². The Kier molecular flexibility index (Phi) is 5.92. The summed E-state index contributed by atoms with van der Waals surface area (Å²) >= 11 is 0.885. The Morgan fingerprint density at radius 2 is 1.83 bits per heavy atom. The summed E-state index contributed by atoms with van der Waals surface area (Å²) in [6.45, 7) is 3.86. The number of nitro benzene ring substituents is 1. The topological polar surface area (TPSA) is 103 Å². The summed E-state index contributed by atoms with van der Waals surface area (Å²) in [4.78, 5) is 31.4. The van der Waals surface area contributed by atoms with Gasteiger partial charge in [-0.1, -0.05) is 23.5 Å². The zero-order valence-electron chi connectivity index (χ0n) is 18.9. The Balaban J connectivity index is 1.30. The van der Waals surface area contributed by atoms with Crippen molar-refractivity contribution in [2.45, 2.75) is 25.6 Å². The first-order chi connectivity index (χ1) is 17.1. The molecule has 0 saturated carbocycles. The number of non-ortho nitro benzene ring substituents is 1. The smallest absolute Gasteiger partial charge is 0.348 e. The molecule has 2 saturated heterocycles. The predicted octanol–water partition coefficient (Wildman–Crippen LogP) is 4.56. The standard InChI is InChI=1S/C24H20F3N5O3S/c25-24(26,27)17-9-18-20(19(10-17)32(34)35)36-22(29-21(18)33)31-7-5-23(6-8-31)13-30(14-23)12-16-3-1-15(11-28)2-4-16/h1-4,9-10H,5-8,12-14H2. The molecule has 0 radical (unpaired) electrons. The van der Waals surface area contributed by atoms with Crippen LogP contribution in [-0.4, -0.2) is 41.0 Å². The molecule has 3 heterocycles. The van der Waals surface area contributed by atoms with Crippen LogP contribution >= 0.6 is 11.3 Å². The van der Waals surface area contributed by atoms with Gasteiger partial charge in [-0.05, 0) is 42.0 Å². The van der Waals surface area contributed by atoms with Crippen molar-refractivity contribution in [3.63, 3.8) is 0 Å². The zero-order valence-corrected chi connectivity index (χ0v) is 19.7. The number of hydrogen-bond donors (Lipinski definition) is 0. The van der Waals surface area contributed by atoms with Crippen LogP contribution in [0.3, 0.4) is 0 Å². The highest BCUT2D eigenvalue weighted by Crippen LogP contribution is 2.43. The van der Waals surface area contributed by atoms with Crippen LogP contribution in [0.15, 0.2) is 41.2 Å². The molecule has 3 aromatic rings. The zero-order chi connectivity index (χ0) is 25.7. The number of halogens is 3. The Morgan fingerprint density at radius 3 is 2.42 bits per heavy atom. The first-order valence-corrected chi connectivity index (χ1v) is 12.1. The number of benzene rings is 2. The summed E-state index contributed by atoms with van der Waals surface area (Å²) in [5.41, 5.74) is -0.958. The molecule has 8 nitrogen and oxygen atoms in total. The number of fused-ring (bicyclic) bond motifs is 1. The van der Waals surface area contributed by atoms with Crippen molar-refractivity contribution in [1.29, 1.82) is 5.26 Å². The van der Waals surface area contributed by atoms with Gasteiger partial charge in [0.1, 0.15) is 4.70 Å². The van der Waals surface area contributed by atoms with Crippen LogP contribution < -0.4 is 10.5 Å². The SMILES string of the molecule is N#Cc1ccc(CN2CC3(CCN(c4nc(=O)c5cc(C(F)(F)F)cc([N+](=O)[O-])c5s4)CC3)C2)cc1. The number of likely N-dealkylation sites (tertiary alicyclic amines) is 1. The summed E-state index contributed by atoms with van der Waals surface area (Å²) in [5.74, 6) is 0. The third kappa shape index (κ3) is 4.52. The Hall–Kier alpha value is -3.56. The van der Waals surface area contributed by atoms with Gasteiger partial charge in [0.15, 0.2) is 5.13 Å². The van der Waals surface area contributed by atoms with Crippen molar-refractivity contribution in [1.82, 2.24) is 9.88 Å². The van der Waals surface area contributed by atoms with Crippen molar-refractivity contribution in [2.24, 2.45) is 5.41 Å². The van der Waals surface area contributed by atoms with E-state index in [1.54, 1.807) is 12.1 Å². The second-order valence-electron chi connectivity index (χ2n) is 9.37. The number of alkyl halides is 3. The average molecular weight is 516 g/mol. The summed E-state index contributed by atoms with van der Waals surface area (Å²) in [6, 6.07) is 10.7. The van der Waals surface area contributed by atoms with Gasteiger partial charge in [0.2, 0.25) is 0 Å². The fourth-order valence-electron chi connectivity index (χ4n) is 5.02. The van der Waals surface area contributed by atoms with Gasteiger partial charge in [-0.15, -0.1) is 0 Å². The molecule has 186 valence electrons. The van der Waals surface area contributed by atoms with Crippen LogP contribution in [0.2, 0.25) is 0 Å². The molecule has 1 aromatic heterocycles. The summed E-state index contributed by atoms with van der Waals surface area (Å²) in [5, 5.41) is 20.3. The van der Waals surface area contributed by atoms with Gasteiger partial charge in [-0.3, -0.25) is 19.8 Å². The van der Waals surface area contributed by atoms with E-state index in [1.807, 2.05) is 17.0 Å². The summed E-state index contributed by atoms with van der Waals surface area (Å²) in [7, 11) is 0. The molecule has 5 rings (SSSR count). The highest BCUT2D eigenvalue weighted by molar-refractivity contribution is 7.22. The fourth-order valence-corrected chi connectivity index (χ4v) is 6.14. The summed E-state index contributed by atoms with van der Waals surface area (Å²) < 4.78 is 39.5. The van der Waals surface area contributed by atoms with Gasteiger partial charge >= 0.3 is 6.18 Å². The number of piperidine rings is 1. The molecule has 0 unspecified atom stereocenters. The minimum atomic E-state index is -4.81. The molecule has 2 fully saturated rings. The predicted molar refractivity (Wildman–Crippen MR) is 128 cm³/mol. The number of hydrogen-bond acceptors (Lipinski definition) is 8. The van der Waals surface area contributed by atoms with Crippen molar-refractivity contribution < 1.29 is 18.1 Å². The number of nitriles is 1. The van der Waals surface area contributed by atoms with Crippen molar-refractivity contribution in [3.8, 4) is 6.07 Å². The lowest BCUT2D eigenvalue weighted by Gasteiger charge is -2.54. The van der Waals surface area contributed by atoms with Gasteiger partial charge in [0, 0.05) is 38.8 Å². The Bertz CT molecular complexity index is 1430. The van der Waals surface area contributed by atoms with E-state index in [-0.39, 0.29) is 10.1 Å². The molecule has 0 atom stereocenters. The first kappa shape index (κ1) is 24.1. The molecule has 2 aliphatic heterocycles. The van der Waals surface area contributed by atoms with E-state index in [4.69, 9.17) is 5.26 Å². The molecular formula is C24H20F3N5O3S. The molecule has 0 aliphatic carbocycles. The number of rotatable bonds is 4. The number of anilines is 1. The second kappa shape index (κ2) is 8.83. The van der Waals surface area contributed by atoms with Crippen molar-refractivity contribution in [2.75, 3.05) is 31.1 Å². The first-order valence-electron chi connectivity index (χ1n) is 11.2.